The van der Waals surface area contributed by atoms with Gasteiger partial charge in [-0.2, -0.15) is 5.26 Å². The van der Waals surface area contributed by atoms with Gasteiger partial charge in [-0.3, -0.25) is 0 Å². The second kappa shape index (κ2) is 7.90. The number of aliphatic hydroxyl groups excluding tert-OH is 1. The first-order chi connectivity index (χ1) is 15.3. The van der Waals surface area contributed by atoms with Crippen molar-refractivity contribution in [2.24, 2.45) is 0 Å². The average Bonchev–Trinajstić information content (AvgIpc) is 3.12. The first kappa shape index (κ1) is 21.2. The predicted molar refractivity (Wildman–Crippen MR) is 116 cm³/mol. The molecule has 1 aliphatic heterocycles. The van der Waals surface area contributed by atoms with Crippen LogP contribution in [-0.2, 0) is 5.41 Å². The van der Waals surface area contributed by atoms with Crippen LogP contribution in [-0.4, -0.2) is 39.3 Å². The van der Waals surface area contributed by atoms with E-state index in [1.807, 2.05) is 13.0 Å². The van der Waals surface area contributed by atoms with Crippen LogP contribution in [0.4, 0.5) is 21.7 Å². The van der Waals surface area contributed by atoms with E-state index in [9.17, 15) is 24.7 Å². The van der Waals surface area contributed by atoms with Crippen LogP contribution in [0, 0.1) is 24.1 Å². The van der Waals surface area contributed by atoms with E-state index in [0.717, 1.165) is 11.6 Å². The molecular weight excluding hydrogens is 413 g/mol. The number of aromatic carboxylic acids is 1. The number of rotatable bonds is 5. The molecule has 9 heteroatoms. The van der Waals surface area contributed by atoms with Crippen LogP contribution >= 0.6 is 0 Å². The number of benzene rings is 2. The minimum absolute atomic E-state index is 0.0757. The summed E-state index contributed by atoms with van der Waals surface area (Å²) in [5, 5.41) is 34.8. The molecule has 1 atom stereocenters. The third-order valence-electron chi connectivity index (χ3n) is 5.66. The van der Waals surface area contributed by atoms with Gasteiger partial charge in [-0.1, -0.05) is 6.92 Å². The lowest BCUT2D eigenvalue weighted by Crippen LogP contribution is -2.28. The van der Waals surface area contributed by atoms with Gasteiger partial charge in [0.1, 0.15) is 11.9 Å². The Morgan fingerprint density at radius 1 is 1.38 bits per heavy atom. The summed E-state index contributed by atoms with van der Waals surface area (Å²) in [6, 6.07) is 9.82. The Hall–Kier alpha value is -4.03. The molecule has 0 radical (unpaired) electrons. The van der Waals surface area contributed by atoms with Crippen LogP contribution in [0.5, 0.6) is 0 Å². The second-order valence-corrected chi connectivity index (χ2v) is 7.97. The molecule has 3 aromatic rings. The molecule has 32 heavy (non-hydrogen) atoms. The number of carbonyl (C=O) groups is 1. The standard InChI is InChI=1S/C23H20FN5O3/c1-12-5-17(24)15(21(31)32)8-19(12)29-22-26-4-3-18(28-22)13-6-14(9-25)20-16(7-13)23(2,11-30)10-27-20/h3-8,27,30H,10-11H2,1-2H3,(H,31,32)(H,26,28,29)/t23-/m1/s1. The summed E-state index contributed by atoms with van der Waals surface area (Å²) >= 11 is 0. The van der Waals surface area contributed by atoms with Crippen molar-refractivity contribution in [1.29, 1.82) is 5.26 Å². The highest BCUT2D eigenvalue weighted by Crippen LogP contribution is 2.41. The molecule has 4 rings (SSSR count). The number of hydrogen-bond acceptors (Lipinski definition) is 7. The van der Waals surface area contributed by atoms with Crippen molar-refractivity contribution in [3.8, 4) is 17.3 Å². The number of nitrogens with zero attached hydrogens (tertiary/aromatic N) is 3. The second-order valence-electron chi connectivity index (χ2n) is 7.97. The Bertz CT molecular complexity index is 1290. The van der Waals surface area contributed by atoms with Gasteiger partial charge in [-0.25, -0.2) is 19.2 Å². The molecule has 0 saturated heterocycles. The van der Waals surface area contributed by atoms with Crippen LogP contribution in [0.2, 0.25) is 0 Å². The van der Waals surface area contributed by atoms with Crippen LogP contribution in [0.1, 0.15) is 34.0 Å². The lowest BCUT2D eigenvalue weighted by molar-refractivity contribution is 0.0692. The highest BCUT2D eigenvalue weighted by molar-refractivity contribution is 5.89. The maximum absolute atomic E-state index is 13.9. The van der Waals surface area contributed by atoms with Gasteiger partial charge < -0.3 is 20.8 Å². The number of aromatic nitrogens is 2. The molecule has 1 aliphatic rings. The highest BCUT2D eigenvalue weighted by atomic mass is 19.1. The highest BCUT2D eigenvalue weighted by Gasteiger charge is 2.36. The fourth-order valence-corrected chi connectivity index (χ4v) is 3.74. The molecule has 0 amide bonds. The molecule has 0 bridgehead atoms. The smallest absolute Gasteiger partial charge is 0.338 e. The number of nitrogens with one attached hydrogen (secondary N) is 2. The Morgan fingerprint density at radius 3 is 2.84 bits per heavy atom. The van der Waals surface area contributed by atoms with Crippen LogP contribution in [0.25, 0.3) is 11.3 Å². The number of aliphatic hydroxyl groups is 1. The largest absolute Gasteiger partial charge is 0.478 e. The maximum Gasteiger partial charge on any atom is 0.338 e. The van der Waals surface area contributed by atoms with E-state index in [-0.39, 0.29) is 12.6 Å². The maximum atomic E-state index is 13.9. The van der Waals surface area contributed by atoms with Crippen LogP contribution in [0.3, 0.4) is 0 Å². The fourth-order valence-electron chi connectivity index (χ4n) is 3.74. The SMILES string of the molecule is Cc1cc(F)c(C(=O)O)cc1Nc1nccc(-c2cc(C#N)c3c(c2)[C@@](C)(CO)CN3)n1. The van der Waals surface area contributed by atoms with Crippen molar-refractivity contribution in [1.82, 2.24) is 9.97 Å². The summed E-state index contributed by atoms with van der Waals surface area (Å²) in [5.41, 5.74) is 3.09. The molecule has 4 N–H and O–H groups in total. The molecule has 2 aromatic carbocycles. The van der Waals surface area contributed by atoms with Crippen LogP contribution in [0.15, 0.2) is 36.5 Å². The molecule has 8 nitrogen and oxygen atoms in total. The van der Waals surface area contributed by atoms with E-state index in [4.69, 9.17) is 0 Å². The summed E-state index contributed by atoms with van der Waals surface area (Å²) < 4.78 is 13.9. The Balaban J connectivity index is 1.74. The number of hydrogen-bond donors (Lipinski definition) is 4. The molecule has 0 aliphatic carbocycles. The van der Waals surface area contributed by atoms with Crippen molar-refractivity contribution < 1.29 is 19.4 Å². The van der Waals surface area contributed by atoms with Gasteiger partial charge in [0.05, 0.1) is 29.1 Å². The van der Waals surface area contributed by atoms with Crippen molar-refractivity contribution in [2.45, 2.75) is 19.3 Å². The summed E-state index contributed by atoms with van der Waals surface area (Å²) in [4.78, 5) is 19.9. The molecule has 2 heterocycles. The first-order valence-corrected chi connectivity index (χ1v) is 9.83. The quantitative estimate of drug-likeness (QED) is 0.480. The van der Waals surface area contributed by atoms with Crippen molar-refractivity contribution >= 4 is 23.3 Å². The lowest BCUT2D eigenvalue weighted by Gasteiger charge is -2.21. The third kappa shape index (κ3) is 3.61. The van der Waals surface area contributed by atoms with E-state index >= 15 is 0 Å². The number of carboxylic acids is 1. The van der Waals surface area contributed by atoms with E-state index in [0.29, 0.717) is 40.3 Å². The zero-order chi connectivity index (χ0) is 23.0. The lowest BCUT2D eigenvalue weighted by atomic mass is 9.83. The van der Waals surface area contributed by atoms with E-state index < -0.39 is 22.8 Å². The predicted octanol–water partition coefficient (Wildman–Crippen LogP) is 3.58. The monoisotopic (exact) mass is 433 g/mol. The average molecular weight is 433 g/mol. The molecule has 1 aromatic heterocycles. The molecule has 0 spiro atoms. The van der Waals surface area contributed by atoms with Crippen molar-refractivity contribution in [3.63, 3.8) is 0 Å². The Morgan fingerprint density at radius 2 is 2.16 bits per heavy atom. The van der Waals surface area contributed by atoms with E-state index in [1.165, 1.54) is 12.3 Å². The van der Waals surface area contributed by atoms with Gasteiger partial charge in [-0.05, 0) is 48.4 Å². The molecule has 162 valence electrons. The van der Waals surface area contributed by atoms with Gasteiger partial charge >= 0.3 is 5.97 Å². The van der Waals surface area contributed by atoms with Crippen molar-refractivity contribution in [2.75, 3.05) is 23.8 Å². The third-order valence-corrected chi connectivity index (χ3v) is 5.66. The summed E-state index contributed by atoms with van der Waals surface area (Å²) in [6.07, 6.45) is 1.53. The van der Waals surface area contributed by atoms with Gasteiger partial charge in [-0.15, -0.1) is 0 Å². The Kier molecular flexibility index (Phi) is 5.24. The van der Waals surface area contributed by atoms with E-state index in [2.05, 4.69) is 26.7 Å². The number of carboxylic acid groups (broad SMARTS) is 1. The Labute approximate surface area is 183 Å². The number of fused-ring (bicyclic) bond motifs is 1. The van der Waals surface area contributed by atoms with Crippen molar-refractivity contribution in [3.05, 3.63) is 64.6 Å². The molecular formula is C23H20FN5O3. The van der Waals surface area contributed by atoms with Gasteiger partial charge in [0.2, 0.25) is 5.95 Å². The molecule has 0 unspecified atom stereocenters. The first-order valence-electron chi connectivity index (χ1n) is 9.83. The number of anilines is 3. The normalized spacial score (nSPS) is 16.7. The van der Waals surface area contributed by atoms with Crippen LogP contribution < -0.4 is 10.6 Å². The number of aryl methyl sites for hydroxylation is 1. The minimum atomic E-state index is -1.37. The minimum Gasteiger partial charge on any atom is -0.478 e. The molecule has 0 fully saturated rings. The van der Waals surface area contributed by atoms with Gasteiger partial charge in [0.25, 0.3) is 0 Å². The topological polar surface area (TPSA) is 131 Å². The number of halogens is 1. The van der Waals surface area contributed by atoms with Gasteiger partial charge in [0.15, 0.2) is 0 Å². The zero-order valence-electron chi connectivity index (χ0n) is 17.4. The summed E-state index contributed by atoms with van der Waals surface area (Å²) in [5.74, 6) is -2.00. The van der Waals surface area contributed by atoms with E-state index in [1.54, 1.807) is 19.1 Å². The van der Waals surface area contributed by atoms with Gasteiger partial charge in [0, 0.05) is 29.4 Å². The fraction of sp³-hybridized carbons (Fsp3) is 0.217. The zero-order valence-corrected chi connectivity index (χ0v) is 17.4. The number of nitriles is 1. The summed E-state index contributed by atoms with van der Waals surface area (Å²) in [6.45, 7) is 4.00. The molecule has 0 saturated carbocycles. The summed E-state index contributed by atoms with van der Waals surface area (Å²) in [7, 11) is 0.